The van der Waals surface area contributed by atoms with E-state index in [0.717, 1.165) is 23.0 Å². The van der Waals surface area contributed by atoms with Gasteiger partial charge in [0.25, 0.3) is 0 Å². The molecule has 0 aromatic heterocycles. The van der Waals surface area contributed by atoms with Crippen LogP contribution in [0.4, 0.5) is 0 Å². The molecule has 3 rings (SSSR count). The van der Waals surface area contributed by atoms with E-state index in [1.165, 1.54) is 21.0 Å². The van der Waals surface area contributed by atoms with Gasteiger partial charge in [0, 0.05) is 0 Å². The summed E-state index contributed by atoms with van der Waals surface area (Å²) in [5.74, 6) is -2.73. The van der Waals surface area contributed by atoms with Crippen molar-refractivity contribution in [3.8, 4) is 0 Å². The van der Waals surface area contributed by atoms with E-state index in [0.29, 0.717) is 0 Å². The molecule has 36 heavy (non-hydrogen) atoms. The first-order valence-corrected chi connectivity index (χ1v) is 13.0. The molecule has 0 saturated carbocycles. The number of rotatable bonds is 8. The van der Waals surface area contributed by atoms with Crippen LogP contribution in [0.5, 0.6) is 0 Å². The third-order valence-electron chi connectivity index (χ3n) is 5.73. The van der Waals surface area contributed by atoms with E-state index in [2.05, 4.69) is 0 Å². The van der Waals surface area contributed by atoms with Crippen molar-refractivity contribution in [3.63, 3.8) is 0 Å². The lowest BCUT2D eigenvalue weighted by Crippen LogP contribution is -2.37. The first-order chi connectivity index (χ1) is 17.3. The molecule has 0 heterocycles. The van der Waals surface area contributed by atoms with Crippen molar-refractivity contribution in [2.24, 2.45) is 0 Å². The summed E-state index contributed by atoms with van der Waals surface area (Å²) < 4.78 is 10.4. The fraction of sp³-hybridized carbons (Fsp3) is 0.138. The number of ether oxygens (including phenoxy) is 2. The summed E-state index contributed by atoms with van der Waals surface area (Å²) in [6.07, 6.45) is 0. The molecule has 184 valence electrons. The van der Waals surface area contributed by atoms with Crippen LogP contribution in [-0.2, 0) is 23.9 Å². The third kappa shape index (κ3) is 4.86. The number of aliphatic hydroxyl groups excluding tert-OH is 1. The summed E-state index contributed by atoms with van der Waals surface area (Å²) >= 11 is 0. The maximum atomic E-state index is 13.8. The fourth-order valence-electron chi connectivity index (χ4n) is 4.32. The second-order valence-electron chi connectivity index (χ2n) is 7.90. The SMILES string of the molecule is COC(=O)C(/C(C(C)=O)=C(/C)O)=C(\C(=O)OC)[P+](c1ccccc1)(c1ccccc1)c1ccccc1. The van der Waals surface area contributed by atoms with Crippen LogP contribution in [0.3, 0.4) is 0 Å². The van der Waals surface area contributed by atoms with E-state index in [1.807, 2.05) is 91.0 Å². The Morgan fingerprint density at radius 1 is 0.611 bits per heavy atom. The number of ketones is 1. The van der Waals surface area contributed by atoms with Crippen LogP contribution in [-0.4, -0.2) is 37.0 Å². The topological polar surface area (TPSA) is 89.9 Å². The smallest absolute Gasteiger partial charge is 0.375 e. The van der Waals surface area contributed by atoms with Gasteiger partial charge in [-0.2, -0.15) is 0 Å². The van der Waals surface area contributed by atoms with Gasteiger partial charge in [0.2, 0.25) is 5.31 Å². The Kier molecular flexibility index (Phi) is 8.57. The number of methoxy groups -OCH3 is 2. The fourth-order valence-corrected chi connectivity index (χ4v) is 8.75. The molecule has 3 aromatic rings. The molecule has 0 radical (unpaired) electrons. The van der Waals surface area contributed by atoms with Crippen molar-refractivity contribution in [3.05, 3.63) is 113 Å². The molecule has 0 aliphatic carbocycles. The van der Waals surface area contributed by atoms with E-state index in [-0.39, 0.29) is 16.5 Å². The Balaban J connectivity index is 2.76. The monoisotopic (exact) mass is 503 g/mol. The van der Waals surface area contributed by atoms with Crippen LogP contribution < -0.4 is 15.9 Å². The van der Waals surface area contributed by atoms with E-state index in [4.69, 9.17) is 9.47 Å². The predicted octanol–water partition coefficient (Wildman–Crippen LogP) is 4.00. The van der Waals surface area contributed by atoms with Crippen LogP contribution in [0, 0.1) is 0 Å². The zero-order valence-corrected chi connectivity index (χ0v) is 21.5. The minimum absolute atomic E-state index is 0.0425. The summed E-state index contributed by atoms with van der Waals surface area (Å²) in [6.45, 7) is 2.52. The predicted molar refractivity (Wildman–Crippen MR) is 142 cm³/mol. The van der Waals surface area contributed by atoms with Gasteiger partial charge in [-0.1, -0.05) is 54.6 Å². The molecule has 0 atom stereocenters. The van der Waals surface area contributed by atoms with Crippen LogP contribution in [0.25, 0.3) is 0 Å². The van der Waals surface area contributed by atoms with Crippen molar-refractivity contribution < 1.29 is 29.0 Å². The van der Waals surface area contributed by atoms with Crippen molar-refractivity contribution in [1.82, 2.24) is 0 Å². The Morgan fingerprint density at radius 2 is 0.972 bits per heavy atom. The third-order valence-corrected chi connectivity index (χ3v) is 10.0. The number of allylic oxidation sites excluding steroid dienone is 1. The van der Waals surface area contributed by atoms with Crippen molar-refractivity contribution in [2.75, 3.05) is 14.2 Å². The van der Waals surface area contributed by atoms with Crippen LogP contribution in [0.2, 0.25) is 0 Å². The molecule has 0 unspecified atom stereocenters. The maximum Gasteiger partial charge on any atom is 0.375 e. The van der Waals surface area contributed by atoms with Crippen LogP contribution in [0.1, 0.15) is 13.8 Å². The van der Waals surface area contributed by atoms with Crippen molar-refractivity contribution in [1.29, 1.82) is 0 Å². The minimum atomic E-state index is -3.19. The van der Waals surface area contributed by atoms with Crippen LogP contribution >= 0.6 is 7.26 Å². The van der Waals surface area contributed by atoms with Crippen molar-refractivity contribution in [2.45, 2.75) is 13.8 Å². The highest BCUT2D eigenvalue weighted by molar-refractivity contribution is 7.99. The highest BCUT2D eigenvalue weighted by Gasteiger charge is 2.56. The first-order valence-electron chi connectivity index (χ1n) is 11.2. The van der Waals surface area contributed by atoms with Gasteiger partial charge in [-0.05, 0) is 50.2 Å². The Hall–Kier alpha value is -4.02. The largest absolute Gasteiger partial charge is 0.512 e. The Morgan fingerprint density at radius 3 is 1.25 bits per heavy atom. The van der Waals surface area contributed by atoms with Gasteiger partial charge in [-0.25, -0.2) is 9.59 Å². The maximum absolute atomic E-state index is 13.8. The second kappa shape index (κ2) is 11.6. The van der Waals surface area contributed by atoms with E-state index in [9.17, 15) is 19.5 Å². The zero-order chi connectivity index (χ0) is 26.3. The molecular formula is C29H28O6P+. The molecule has 0 saturated heterocycles. The lowest BCUT2D eigenvalue weighted by molar-refractivity contribution is -0.138. The molecule has 1 N–H and O–H groups in total. The van der Waals surface area contributed by atoms with Gasteiger partial charge >= 0.3 is 11.9 Å². The van der Waals surface area contributed by atoms with Crippen molar-refractivity contribution >= 4 is 40.9 Å². The number of hydrogen-bond donors (Lipinski definition) is 1. The highest BCUT2D eigenvalue weighted by Crippen LogP contribution is 2.64. The lowest BCUT2D eigenvalue weighted by Gasteiger charge is -2.29. The van der Waals surface area contributed by atoms with E-state index >= 15 is 0 Å². The number of hydrogen-bond acceptors (Lipinski definition) is 6. The molecule has 0 aliphatic heterocycles. The standard InChI is InChI=1S/C29H27O6P/c1-20(30)25(21(2)31)26(28(32)34-3)27(29(33)35-4)36(22-14-8-5-9-15-22,23-16-10-6-11-17-23)24-18-12-7-13-19-24/h5-19H,1-4H3/p+1. The molecule has 7 heteroatoms. The molecule has 3 aromatic carbocycles. The molecule has 0 fully saturated rings. The Bertz CT molecular complexity index is 1210. The molecule has 0 amide bonds. The molecule has 0 bridgehead atoms. The van der Waals surface area contributed by atoms with Gasteiger partial charge in [0.05, 0.1) is 19.8 Å². The number of benzene rings is 3. The number of esters is 2. The molecule has 0 spiro atoms. The zero-order valence-electron chi connectivity index (χ0n) is 20.6. The van der Waals surface area contributed by atoms with Gasteiger partial charge in [0.1, 0.15) is 27.2 Å². The quantitative estimate of drug-likeness (QED) is 0.164. The number of aliphatic hydroxyl groups is 1. The van der Waals surface area contributed by atoms with Gasteiger partial charge < -0.3 is 14.6 Å². The summed E-state index contributed by atoms with van der Waals surface area (Å²) in [7, 11) is -0.806. The average Bonchev–Trinajstić information content (AvgIpc) is 2.90. The first kappa shape index (κ1) is 26.6. The summed E-state index contributed by atoms with van der Waals surface area (Å²) in [5.41, 5.74) is -0.615. The number of Topliss-reactive ketones (excluding diaryl/α,β-unsaturated/α-hetero) is 1. The average molecular weight is 504 g/mol. The minimum Gasteiger partial charge on any atom is -0.512 e. The molecule has 6 nitrogen and oxygen atoms in total. The molecular weight excluding hydrogens is 475 g/mol. The highest BCUT2D eigenvalue weighted by atomic mass is 31.2. The summed E-state index contributed by atoms with van der Waals surface area (Å²) in [4.78, 5) is 40.0. The Labute approximate surface area is 211 Å². The number of carbonyl (C=O) groups is 3. The van der Waals surface area contributed by atoms with E-state index < -0.39 is 30.7 Å². The van der Waals surface area contributed by atoms with Gasteiger partial charge in [-0.15, -0.1) is 0 Å². The second-order valence-corrected chi connectivity index (χ2v) is 11.2. The lowest BCUT2D eigenvalue weighted by atomic mass is 10.0. The van der Waals surface area contributed by atoms with Crippen LogP contribution in [0.15, 0.2) is 113 Å². The molecule has 0 aliphatic rings. The summed E-state index contributed by atoms with van der Waals surface area (Å²) in [6, 6.07) is 28.0. The van der Waals surface area contributed by atoms with E-state index in [1.54, 1.807) is 0 Å². The normalized spacial score (nSPS) is 12.7. The van der Waals surface area contributed by atoms with Gasteiger partial charge in [-0.3, -0.25) is 4.79 Å². The summed E-state index contributed by atoms with van der Waals surface area (Å²) in [5, 5.41) is 12.8. The number of carbonyl (C=O) groups excluding carboxylic acids is 3. The van der Waals surface area contributed by atoms with Gasteiger partial charge in [0.15, 0.2) is 13.0 Å².